The lowest BCUT2D eigenvalue weighted by atomic mass is 10.2. The molecule has 0 unspecified atom stereocenters. The summed E-state index contributed by atoms with van der Waals surface area (Å²) in [4.78, 5) is 11.5. The molecule has 0 amide bonds. The zero-order valence-corrected chi connectivity index (χ0v) is 9.36. The van der Waals surface area contributed by atoms with Crippen molar-refractivity contribution in [1.82, 2.24) is 15.0 Å². The van der Waals surface area contributed by atoms with E-state index in [2.05, 4.69) is 20.3 Å². The van der Waals surface area contributed by atoms with Gasteiger partial charge < -0.3 is 11.1 Å². The van der Waals surface area contributed by atoms with E-state index in [-0.39, 0.29) is 11.2 Å². The van der Waals surface area contributed by atoms with Crippen LogP contribution in [0, 0.1) is 6.92 Å². The van der Waals surface area contributed by atoms with Crippen molar-refractivity contribution in [3.63, 3.8) is 0 Å². The lowest BCUT2D eigenvalue weighted by molar-refractivity contribution is 1.07. The molecule has 0 atom stereocenters. The van der Waals surface area contributed by atoms with Gasteiger partial charge in [0.15, 0.2) is 0 Å². The largest absolute Gasteiger partial charge is 0.368 e. The summed E-state index contributed by atoms with van der Waals surface area (Å²) in [6, 6.07) is 7.80. The van der Waals surface area contributed by atoms with Crippen LogP contribution >= 0.6 is 11.6 Å². The number of hydrogen-bond acceptors (Lipinski definition) is 5. The quantitative estimate of drug-likeness (QED) is 0.834. The number of nitrogens with one attached hydrogen (secondary N) is 1. The van der Waals surface area contributed by atoms with Crippen LogP contribution in [0.15, 0.2) is 24.3 Å². The van der Waals surface area contributed by atoms with Crippen molar-refractivity contribution in [2.24, 2.45) is 0 Å². The molecule has 82 valence electrons. The molecule has 3 N–H and O–H groups in total. The first-order chi connectivity index (χ1) is 7.63. The standard InChI is InChI=1S/C10H10ClN5/c1-6-3-2-4-7(5-6)13-10-15-8(11)14-9(12)16-10/h2-5H,1H3,(H3,12,13,14,15,16). The van der Waals surface area contributed by atoms with E-state index in [1.807, 2.05) is 31.2 Å². The van der Waals surface area contributed by atoms with Gasteiger partial charge in [-0.3, -0.25) is 0 Å². The highest BCUT2D eigenvalue weighted by atomic mass is 35.5. The van der Waals surface area contributed by atoms with E-state index in [0.29, 0.717) is 5.95 Å². The van der Waals surface area contributed by atoms with Crippen LogP contribution in [-0.4, -0.2) is 15.0 Å². The molecule has 2 aromatic rings. The minimum Gasteiger partial charge on any atom is -0.368 e. The van der Waals surface area contributed by atoms with Crippen LogP contribution in [-0.2, 0) is 0 Å². The Morgan fingerprint density at radius 1 is 1.25 bits per heavy atom. The molecule has 1 aromatic heterocycles. The molecular formula is C10H10ClN5. The zero-order valence-electron chi connectivity index (χ0n) is 8.61. The van der Waals surface area contributed by atoms with Gasteiger partial charge in [-0.2, -0.15) is 15.0 Å². The Morgan fingerprint density at radius 2 is 2.06 bits per heavy atom. The Kier molecular flexibility index (Phi) is 2.87. The van der Waals surface area contributed by atoms with Gasteiger partial charge in [0.25, 0.3) is 0 Å². The fourth-order valence-electron chi connectivity index (χ4n) is 1.27. The van der Waals surface area contributed by atoms with Crippen molar-refractivity contribution >= 4 is 29.2 Å². The topological polar surface area (TPSA) is 76.7 Å². The van der Waals surface area contributed by atoms with Gasteiger partial charge in [-0.15, -0.1) is 0 Å². The maximum Gasteiger partial charge on any atom is 0.233 e. The lowest BCUT2D eigenvalue weighted by Gasteiger charge is -2.05. The zero-order chi connectivity index (χ0) is 11.5. The summed E-state index contributed by atoms with van der Waals surface area (Å²) in [5.41, 5.74) is 7.47. The van der Waals surface area contributed by atoms with Crippen LogP contribution in [0.25, 0.3) is 0 Å². The maximum atomic E-state index is 5.67. The Hall–Kier alpha value is -1.88. The van der Waals surface area contributed by atoms with Crippen molar-refractivity contribution in [2.75, 3.05) is 11.1 Å². The molecule has 0 fully saturated rings. The summed E-state index contributed by atoms with van der Waals surface area (Å²) in [7, 11) is 0. The summed E-state index contributed by atoms with van der Waals surface area (Å²) in [5.74, 6) is 0.429. The van der Waals surface area contributed by atoms with E-state index in [1.165, 1.54) is 0 Å². The van der Waals surface area contributed by atoms with E-state index >= 15 is 0 Å². The van der Waals surface area contributed by atoms with Crippen molar-refractivity contribution in [1.29, 1.82) is 0 Å². The molecule has 0 aliphatic carbocycles. The molecule has 0 saturated carbocycles. The molecule has 0 radical (unpaired) electrons. The molecule has 0 saturated heterocycles. The molecule has 1 aromatic carbocycles. The van der Waals surface area contributed by atoms with Gasteiger partial charge in [0.2, 0.25) is 17.2 Å². The third kappa shape index (κ3) is 2.58. The highest BCUT2D eigenvalue weighted by Crippen LogP contribution is 2.15. The first-order valence-corrected chi connectivity index (χ1v) is 5.02. The van der Waals surface area contributed by atoms with Crippen LogP contribution in [0.3, 0.4) is 0 Å². The normalized spacial score (nSPS) is 10.1. The van der Waals surface area contributed by atoms with E-state index in [9.17, 15) is 0 Å². The number of aryl methyl sites for hydroxylation is 1. The average molecular weight is 236 g/mol. The van der Waals surface area contributed by atoms with E-state index in [4.69, 9.17) is 17.3 Å². The first-order valence-electron chi connectivity index (χ1n) is 4.64. The van der Waals surface area contributed by atoms with Crippen LogP contribution in [0.1, 0.15) is 5.56 Å². The molecule has 0 bridgehead atoms. The number of benzene rings is 1. The van der Waals surface area contributed by atoms with Crippen LogP contribution in [0.2, 0.25) is 5.28 Å². The summed E-state index contributed by atoms with van der Waals surface area (Å²) in [6.45, 7) is 2.00. The van der Waals surface area contributed by atoms with Gasteiger partial charge in [0, 0.05) is 5.69 Å². The predicted molar refractivity (Wildman–Crippen MR) is 63.7 cm³/mol. The fraction of sp³-hybridized carbons (Fsp3) is 0.100. The Labute approximate surface area is 97.7 Å². The number of nitrogens with zero attached hydrogens (tertiary/aromatic N) is 3. The SMILES string of the molecule is Cc1cccc(Nc2nc(N)nc(Cl)n2)c1. The van der Waals surface area contributed by atoms with Gasteiger partial charge >= 0.3 is 0 Å². The number of nitrogen functional groups attached to an aromatic ring is 1. The molecule has 0 aliphatic rings. The van der Waals surface area contributed by atoms with E-state index in [1.54, 1.807) is 0 Å². The minimum atomic E-state index is 0.0719. The second kappa shape index (κ2) is 4.32. The van der Waals surface area contributed by atoms with Gasteiger partial charge in [-0.05, 0) is 36.2 Å². The second-order valence-corrected chi connectivity index (χ2v) is 3.62. The first kappa shape index (κ1) is 10.6. The smallest absolute Gasteiger partial charge is 0.233 e. The van der Waals surface area contributed by atoms with Gasteiger partial charge in [-0.1, -0.05) is 12.1 Å². The number of halogens is 1. The third-order valence-electron chi connectivity index (χ3n) is 1.90. The van der Waals surface area contributed by atoms with Crippen LogP contribution in [0.5, 0.6) is 0 Å². The highest BCUT2D eigenvalue weighted by molar-refractivity contribution is 6.28. The van der Waals surface area contributed by atoms with Crippen molar-refractivity contribution in [3.05, 3.63) is 35.1 Å². The van der Waals surface area contributed by atoms with Crippen LogP contribution in [0.4, 0.5) is 17.6 Å². The summed E-state index contributed by atoms with van der Waals surface area (Å²) >= 11 is 5.67. The molecule has 1 heterocycles. The Balaban J connectivity index is 2.27. The Morgan fingerprint density at radius 3 is 2.75 bits per heavy atom. The van der Waals surface area contributed by atoms with Crippen molar-refractivity contribution < 1.29 is 0 Å². The number of rotatable bonds is 2. The van der Waals surface area contributed by atoms with Crippen molar-refractivity contribution in [3.8, 4) is 0 Å². The highest BCUT2D eigenvalue weighted by Gasteiger charge is 2.02. The number of anilines is 3. The maximum absolute atomic E-state index is 5.67. The second-order valence-electron chi connectivity index (χ2n) is 3.28. The average Bonchev–Trinajstić information content (AvgIpc) is 2.15. The molecule has 6 heteroatoms. The molecule has 2 rings (SSSR count). The fourth-order valence-corrected chi connectivity index (χ4v) is 1.44. The Bertz CT molecular complexity index is 494. The summed E-state index contributed by atoms with van der Waals surface area (Å²) in [6.07, 6.45) is 0. The lowest BCUT2D eigenvalue weighted by Crippen LogP contribution is -2.03. The van der Waals surface area contributed by atoms with E-state index < -0.39 is 0 Å². The summed E-state index contributed by atoms with van der Waals surface area (Å²) < 4.78 is 0. The molecular weight excluding hydrogens is 226 g/mol. The molecule has 16 heavy (non-hydrogen) atoms. The molecule has 0 aliphatic heterocycles. The number of nitrogens with two attached hydrogens (primary N) is 1. The number of aromatic nitrogens is 3. The van der Waals surface area contributed by atoms with Crippen LogP contribution < -0.4 is 11.1 Å². The van der Waals surface area contributed by atoms with Gasteiger partial charge in [0.1, 0.15) is 0 Å². The van der Waals surface area contributed by atoms with Crippen molar-refractivity contribution in [2.45, 2.75) is 6.92 Å². The van der Waals surface area contributed by atoms with Gasteiger partial charge in [-0.25, -0.2) is 0 Å². The van der Waals surface area contributed by atoms with E-state index in [0.717, 1.165) is 11.3 Å². The predicted octanol–water partition coefficient (Wildman–Crippen LogP) is 2.16. The van der Waals surface area contributed by atoms with Gasteiger partial charge in [0.05, 0.1) is 0 Å². The minimum absolute atomic E-state index is 0.0719. The molecule has 5 nitrogen and oxygen atoms in total. The monoisotopic (exact) mass is 235 g/mol. The third-order valence-corrected chi connectivity index (χ3v) is 2.07. The number of hydrogen-bond donors (Lipinski definition) is 2. The molecule has 0 spiro atoms. The summed E-state index contributed by atoms with van der Waals surface area (Å²) in [5, 5.41) is 3.07.